The predicted molar refractivity (Wildman–Crippen MR) is 76.8 cm³/mol. The summed E-state index contributed by atoms with van der Waals surface area (Å²) in [6.45, 7) is 1.62. The molecular weight excluding hydrogens is 238 g/mol. The second-order valence-corrected chi connectivity index (χ2v) is 5.49. The zero-order valence-electron chi connectivity index (χ0n) is 11.7. The Kier molecular flexibility index (Phi) is 4.56. The van der Waals surface area contributed by atoms with E-state index >= 15 is 0 Å². The fourth-order valence-corrected chi connectivity index (χ4v) is 2.55. The molecule has 1 aliphatic rings. The van der Waals surface area contributed by atoms with E-state index in [0.717, 1.165) is 25.1 Å². The van der Waals surface area contributed by atoms with Crippen LogP contribution in [0.1, 0.15) is 12.0 Å². The molecule has 1 aliphatic heterocycles. The molecule has 1 fully saturated rings. The molecule has 0 radical (unpaired) electrons. The van der Waals surface area contributed by atoms with Crippen molar-refractivity contribution in [3.8, 4) is 0 Å². The lowest BCUT2D eigenvalue weighted by atomic mass is 10.1. The zero-order valence-corrected chi connectivity index (χ0v) is 11.7. The number of likely N-dealkylation sites (N-methyl/N-ethyl adjacent to an activating group) is 1. The van der Waals surface area contributed by atoms with Gasteiger partial charge in [0.25, 0.3) is 0 Å². The van der Waals surface area contributed by atoms with Gasteiger partial charge in [-0.05, 0) is 32.5 Å². The molecule has 4 heteroatoms. The molecule has 2 N–H and O–H groups in total. The highest BCUT2D eigenvalue weighted by molar-refractivity contribution is 5.82. The van der Waals surface area contributed by atoms with Crippen LogP contribution >= 0.6 is 0 Å². The van der Waals surface area contributed by atoms with Crippen molar-refractivity contribution in [3.05, 3.63) is 35.9 Å². The van der Waals surface area contributed by atoms with Crippen LogP contribution in [0.5, 0.6) is 0 Å². The van der Waals surface area contributed by atoms with Gasteiger partial charge in [0, 0.05) is 19.1 Å². The maximum absolute atomic E-state index is 12.3. The molecule has 1 aromatic rings. The molecule has 2 atom stereocenters. The zero-order chi connectivity index (χ0) is 13.8. The highest BCUT2D eigenvalue weighted by atomic mass is 16.2. The first-order valence-electron chi connectivity index (χ1n) is 6.82. The summed E-state index contributed by atoms with van der Waals surface area (Å²) < 4.78 is 0. The van der Waals surface area contributed by atoms with Crippen molar-refractivity contribution in [1.29, 1.82) is 0 Å². The molecule has 1 aromatic carbocycles. The van der Waals surface area contributed by atoms with Crippen molar-refractivity contribution < 1.29 is 4.79 Å². The minimum atomic E-state index is -0.427. The molecule has 2 rings (SSSR count). The number of hydrogen-bond donors (Lipinski definition) is 1. The fourth-order valence-electron chi connectivity index (χ4n) is 2.55. The van der Waals surface area contributed by atoms with Gasteiger partial charge in [-0.15, -0.1) is 0 Å². The van der Waals surface area contributed by atoms with Crippen LogP contribution < -0.4 is 5.73 Å². The lowest BCUT2D eigenvalue weighted by Gasteiger charge is -2.23. The standard InChI is InChI=1S/C15H23N3O/c1-17(2)13-8-9-18(11-13)15(19)14(16)10-12-6-4-3-5-7-12/h3-7,13-14H,8-11,16H2,1-2H3/t13-,14-/m0/s1. The molecule has 0 spiro atoms. The van der Waals surface area contributed by atoms with Gasteiger partial charge in [-0.3, -0.25) is 4.79 Å². The molecule has 1 amide bonds. The van der Waals surface area contributed by atoms with Crippen LogP contribution in [-0.4, -0.2) is 55.0 Å². The van der Waals surface area contributed by atoms with Crippen molar-refractivity contribution >= 4 is 5.91 Å². The topological polar surface area (TPSA) is 49.6 Å². The lowest BCUT2D eigenvalue weighted by Crippen LogP contribution is -2.45. The first-order valence-corrected chi connectivity index (χ1v) is 6.82. The number of hydrogen-bond acceptors (Lipinski definition) is 3. The van der Waals surface area contributed by atoms with Gasteiger partial charge >= 0.3 is 0 Å². The second kappa shape index (κ2) is 6.17. The smallest absolute Gasteiger partial charge is 0.239 e. The number of carbonyl (C=O) groups excluding carboxylic acids is 1. The minimum Gasteiger partial charge on any atom is -0.340 e. The Morgan fingerprint density at radius 1 is 1.42 bits per heavy atom. The normalized spacial score (nSPS) is 20.8. The molecule has 4 nitrogen and oxygen atoms in total. The van der Waals surface area contributed by atoms with E-state index in [1.807, 2.05) is 35.2 Å². The lowest BCUT2D eigenvalue weighted by molar-refractivity contribution is -0.131. The van der Waals surface area contributed by atoms with Crippen LogP contribution in [0, 0.1) is 0 Å². The van der Waals surface area contributed by atoms with Crippen molar-refractivity contribution in [1.82, 2.24) is 9.80 Å². The van der Waals surface area contributed by atoms with Gasteiger partial charge in [0.05, 0.1) is 6.04 Å². The van der Waals surface area contributed by atoms with Crippen LogP contribution in [0.4, 0.5) is 0 Å². The second-order valence-electron chi connectivity index (χ2n) is 5.49. The van der Waals surface area contributed by atoms with Crippen LogP contribution in [0.25, 0.3) is 0 Å². The summed E-state index contributed by atoms with van der Waals surface area (Å²) in [6, 6.07) is 9.99. The summed E-state index contributed by atoms with van der Waals surface area (Å²) in [5.41, 5.74) is 7.16. The van der Waals surface area contributed by atoms with E-state index in [1.54, 1.807) is 0 Å². The number of likely N-dealkylation sites (tertiary alicyclic amines) is 1. The van der Waals surface area contributed by atoms with Gasteiger partial charge < -0.3 is 15.5 Å². The highest BCUT2D eigenvalue weighted by Gasteiger charge is 2.30. The third-order valence-corrected chi connectivity index (χ3v) is 3.82. The van der Waals surface area contributed by atoms with E-state index in [1.165, 1.54) is 0 Å². The first-order chi connectivity index (χ1) is 9.08. The molecule has 1 heterocycles. The van der Waals surface area contributed by atoms with Gasteiger partial charge in [0.15, 0.2) is 0 Å². The van der Waals surface area contributed by atoms with Gasteiger partial charge in [-0.25, -0.2) is 0 Å². The number of benzene rings is 1. The molecule has 0 aliphatic carbocycles. The Balaban J connectivity index is 1.90. The summed E-state index contributed by atoms with van der Waals surface area (Å²) in [5.74, 6) is 0.0770. The third kappa shape index (κ3) is 3.55. The number of amides is 1. The summed E-state index contributed by atoms with van der Waals surface area (Å²) in [4.78, 5) is 16.4. The Hall–Kier alpha value is -1.39. The average Bonchev–Trinajstić information content (AvgIpc) is 2.88. The highest BCUT2D eigenvalue weighted by Crippen LogP contribution is 2.15. The van der Waals surface area contributed by atoms with E-state index in [2.05, 4.69) is 19.0 Å². The van der Waals surface area contributed by atoms with Crippen molar-refractivity contribution in [2.24, 2.45) is 5.73 Å². The van der Waals surface area contributed by atoms with Crippen molar-refractivity contribution in [2.75, 3.05) is 27.2 Å². The predicted octanol–water partition coefficient (Wildman–Crippen LogP) is 0.719. The number of nitrogens with two attached hydrogens (primary N) is 1. The quantitative estimate of drug-likeness (QED) is 0.869. The van der Waals surface area contributed by atoms with Crippen LogP contribution in [-0.2, 0) is 11.2 Å². The molecule has 0 saturated carbocycles. The molecule has 0 unspecified atom stereocenters. The van der Waals surface area contributed by atoms with Crippen LogP contribution in [0.3, 0.4) is 0 Å². The Morgan fingerprint density at radius 2 is 2.11 bits per heavy atom. The van der Waals surface area contributed by atoms with E-state index in [9.17, 15) is 4.79 Å². The number of rotatable bonds is 4. The molecule has 0 bridgehead atoms. The molecule has 19 heavy (non-hydrogen) atoms. The molecule has 0 aromatic heterocycles. The summed E-state index contributed by atoms with van der Waals surface area (Å²) in [7, 11) is 4.12. The SMILES string of the molecule is CN(C)[C@H]1CCN(C(=O)[C@@H](N)Cc2ccccc2)C1. The molecular formula is C15H23N3O. The monoisotopic (exact) mass is 261 g/mol. The largest absolute Gasteiger partial charge is 0.340 e. The molecule has 1 saturated heterocycles. The van der Waals surface area contributed by atoms with Crippen LogP contribution in [0.15, 0.2) is 30.3 Å². The summed E-state index contributed by atoms with van der Waals surface area (Å²) in [5, 5.41) is 0. The molecule has 104 valence electrons. The number of carbonyl (C=O) groups is 1. The Morgan fingerprint density at radius 3 is 2.68 bits per heavy atom. The van der Waals surface area contributed by atoms with E-state index in [4.69, 9.17) is 5.73 Å². The summed E-state index contributed by atoms with van der Waals surface area (Å²) in [6.07, 6.45) is 1.65. The average molecular weight is 261 g/mol. The van der Waals surface area contributed by atoms with Crippen molar-refractivity contribution in [2.45, 2.75) is 24.9 Å². The van der Waals surface area contributed by atoms with E-state index in [-0.39, 0.29) is 5.91 Å². The van der Waals surface area contributed by atoms with E-state index < -0.39 is 6.04 Å². The Labute approximate surface area is 115 Å². The van der Waals surface area contributed by atoms with Crippen molar-refractivity contribution in [3.63, 3.8) is 0 Å². The first kappa shape index (κ1) is 14.0. The van der Waals surface area contributed by atoms with Gasteiger partial charge in [0.2, 0.25) is 5.91 Å². The van der Waals surface area contributed by atoms with Gasteiger partial charge in [0.1, 0.15) is 0 Å². The summed E-state index contributed by atoms with van der Waals surface area (Å²) >= 11 is 0. The van der Waals surface area contributed by atoms with E-state index in [0.29, 0.717) is 12.5 Å². The number of nitrogens with zero attached hydrogens (tertiary/aromatic N) is 2. The van der Waals surface area contributed by atoms with Crippen LogP contribution in [0.2, 0.25) is 0 Å². The van der Waals surface area contributed by atoms with Gasteiger partial charge in [-0.1, -0.05) is 30.3 Å². The fraction of sp³-hybridized carbons (Fsp3) is 0.533. The maximum atomic E-state index is 12.3. The maximum Gasteiger partial charge on any atom is 0.239 e. The van der Waals surface area contributed by atoms with Gasteiger partial charge in [-0.2, -0.15) is 0 Å². The third-order valence-electron chi connectivity index (χ3n) is 3.82. The minimum absolute atomic E-state index is 0.0770. The Bertz CT molecular complexity index is 419.